The highest BCUT2D eigenvalue weighted by atomic mass is 35.5. The fourth-order valence-corrected chi connectivity index (χ4v) is 1.86. The molecule has 0 N–H and O–H groups in total. The summed E-state index contributed by atoms with van der Waals surface area (Å²) < 4.78 is 0. The number of fused-ring (bicyclic) bond motifs is 1. The molecule has 0 unspecified atom stereocenters. The van der Waals surface area contributed by atoms with Crippen LogP contribution in [0.25, 0.3) is 0 Å². The van der Waals surface area contributed by atoms with Crippen LogP contribution < -0.4 is 0 Å². The molecule has 0 aromatic heterocycles. The fraction of sp³-hybridized carbons (Fsp3) is 0.100. The Kier molecular flexibility index (Phi) is 2.84. The first-order valence-corrected chi connectivity index (χ1v) is 5.13. The topological polar surface area (TPSA) is 97.6 Å². The molecule has 2 rings (SSSR count). The van der Waals surface area contributed by atoms with Gasteiger partial charge in [-0.05, 0) is 17.7 Å². The van der Waals surface area contributed by atoms with Gasteiger partial charge in [0.15, 0.2) is 0 Å². The van der Waals surface area contributed by atoms with Crippen LogP contribution in [0.5, 0.6) is 0 Å². The molecule has 1 aliphatic heterocycles. The van der Waals surface area contributed by atoms with Crippen LogP contribution >= 0.6 is 11.6 Å². The predicted octanol–water partition coefficient (Wildman–Crippen LogP) is 0.956. The number of benzene rings is 1. The van der Waals surface area contributed by atoms with E-state index in [4.69, 9.17) is 11.6 Å². The third-order valence-corrected chi connectivity index (χ3v) is 2.58. The molecule has 8 heteroatoms. The van der Waals surface area contributed by atoms with Crippen molar-refractivity contribution in [1.29, 1.82) is 0 Å². The number of amides is 2. The van der Waals surface area contributed by atoms with Crippen LogP contribution in [0.4, 0.5) is 5.69 Å². The first-order valence-electron chi connectivity index (χ1n) is 4.75. The molecule has 0 saturated carbocycles. The molecule has 18 heavy (non-hydrogen) atoms. The van der Waals surface area contributed by atoms with E-state index in [-0.39, 0.29) is 11.1 Å². The highest BCUT2D eigenvalue weighted by molar-refractivity contribution is 6.64. The van der Waals surface area contributed by atoms with Gasteiger partial charge in [0.05, 0.1) is 10.5 Å². The standard InChI is InChI=1S/C10H5ClN2O5/c11-7(14)4-12-9(15)5-2-1-3-6(13(17)18)8(5)10(12)16/h1-3H,4H2. The van der Waals surface area contributed by atoms with Gasteiger partial charge in [-0.3, -0.25) is 29.4 Å². The molecule has 0 atom stereocenters. The maximum atomic E-state index is 11.9. The van der Waals surface area contributed by atoms with Gasteiger partial charge in [-0.15, -0.1) is 0 Å². The molecule has 7 nitrogen and oxygen atoms in total. The number of nitro groups is 1. The Balaban J connectivity index is 2.55. The molecule has 0 radical (unpaired) electrons. The molecule has 1 aromatic carbocycles. The van der Waals surface area contributed by atoms with Gasteiger partial charge in [-0.1, -0.05) is 6.07 Å². The highest BCUT2D eigenvalue weighted by Crippen LogP contribution is 2.30. The zero-order valence-electron chi connectivity index (χ0n) is 8.75. The van der Waals surface area contributed by atoms with E-state index in [2.05, 4.69) is 0 Å². The van der Waals surface area contributed by atoms with E-state index in [1.807, 2.05) is 0 Å². The van der Waals surface area contributed by atoms with E-state index in [0.29, 0.717) is 4.90 Å². The van der Waals surface area contributed by atoms with E-state index in [1.54, 1.807) is 0 Å². The second-order valence-electron chi connectivity index (χ2n) is 3.51. The molecule has 1 aliphatic rings. The van der Waals surface area contributed by atoms with Crippen molar-refractivity contribution in [2.45, 2.75) is 0 Å². The van der Waals surface area contributed by atoms with Crippen LogP contribution in [-0.2, 0) is 4.79 Å². The van der Waals surface area contributed by atoms with Gasteiger partial charge >= 0.3 is 0 Å². The largest absolute Gasteiger partial charge is 0.282 e. The summed E-state index contributed by atoms with van der Waals surface area (Å²) in [6.45, 7) is -0.606. The van der Waals surface area contributed by atoms with Gasteiger partial charge < -0.3 is 0 Å². The summed E-state index contributed by atoms with van der Waals surface area (Å²) in [4.78, 5) is 45.0. The third kappa shape index (κ3) is 1.74. The van der Waals surface area contributed by atoms with Crippen LogP contribution in [0.15, 0.2) is 18.2 Å². The second kappa shape index (κ2) is 4.19. The smallest absolute Gasteiger partial charge is 0.279 e. The Morgan fingerprint density at radius 2 is 2.00 bits per heavy atom. The first-order chi connectivity index (χ1) is 8.43. The summed E-state index contributed by atoms with van der Waals surface area (Å²) in [5.74, 6) is -1.64. The average Bonchev–Trinajstić information content (AvgIpc) is 2.54. The summed E-state index contributed by atoms with van der Waals surface area (Å²) in [6, 6.07) is 3.71. The van der Waals surface area contributed by atoms with Crippen LogP contribution in [0, 0.1) is 10.1 Å². The number of carbonyl (C=O) groups excluding carboxylic acids is 3. The van der Waals surface area contributed by atoms with E-state index in [9.17, 15) is 24.5 Å². The summed E-state index contributed by atoms with van der Waals surface area (Å²) in [7, 11) is 0. The van der Waals surface area contributed by atoms with E-state index < -0.39 is 34.2 Å². The maximum absolute atomic E-state index is 11.9. The SMILES string of the molecule is O=C(Cl)CN1C(=O)c2cccc([N+](=O)[O-])c2C1=O. The lowest BCUT2D eigenvalue weighted by Gasteiger charge is -2.09. The zero-order valence-corrected chi connectivity index (χ0v) is 9.51. The van der Waals surface area contributed by atoms with Crippen molar-refractivity contribution in [3.8, 4) is 0 Å². The number of carbonyl (C=O) groups is 3. The van der Waals surface area contributed by atoms with Crippen molar-refractivity contribution in [2.24, 2.45) is 0 Å². The minimum atomic E-state index is -0.896. The van der Waals surface area contributed by atoms with E-state index in [0.717, 1.165) is 6.07 Å². The molecule has 2 amide bonds. The van der Waals surface area contributed by atoms with Gasteiger partial charge in [-0.25, -0.2) is 0 Å². The molecule has 0 saturated heterocycles. The summed E-state index contributed by atoms with van der Waals surface area (Å²) >= 11 is 5.11. The van der Waals surface area contributed by atoms with Crippen molar-refractivity contribution >= 4 is 34.3 Å². The van der Waals surface area contributed by atoms with E-state index in [1.165, 1.54) is 12.1 Å². The van der Waals surface area contributed by atoms with Gasteiger partial charge in [0.1, 0.15) is 12.1 Å². The van der Waals surface area contributed by atoms with Crippen LogP contribution in [0.2, 0.25) is 0 Å². The lowest BCUT2D eigenvalue weighted by Crippen LogP contribution is -2.33. The van der Waals surface area contributed by atoms with Crippen molar-refractivity contribution in [1.82, 2.24) is 4.90 Å². The summed E-state index contributed by atoms with van der Waals surface area (Å²) in [5.41, 5.74) is -0.854. The molecule has 1 heterocycles. The second-order valence-corrected chi connectivity index (χ2v) is 3.93. The Bertz CT molecular complexity index is 598. The molecular weight excluding hydrogens is 264 g/mol. The van der Waals surface area contributed by atoms with Gasteiger partial charge in [0, 0.05) is 6.07 Å². The summed E-state index contributed by atoms with van der Waals surface area (Å²) in [5, 5.41) is 9.88. The number of halogens is 1. The highest BCUT2D eigenvalue weighted by Gasteiger charge is 2.41. The molecular formula is C10H5ClN2O5. The van der Waals surface area contributed by atoms with E-state index >= 15 is 0 Å². The average molecular weight is 269 g/mol. The van der Waals surface area contributed by atoms with Crippen LogP contribution in [-0.4, -0.2) is 33.4 Å². The first kappa shape index (κ1) is 12.2. The van der Waals surface area contributed by atoms with Crippen molar-refractivity contribution in [3.05, 3.63) is 39.4 Å². The van der Waals surface area contributed by atoms with Crippen molar-refractivity contribution in [2.75, 3.05) is 6.54 Å². The van der Waals surface area contributed by atoms with Crippen molar-refractivity contribution in [3.63, 3.8) is 0 Å². The molecule has 0 bridgehead atoms. The van der Waals surface area contributed by atoms with Gasteiger partial charge in [-0.2, -0.15) is 0 Å². The lowest BCUT2D eigenvalue weighted by atomic mass is 10.1. The fourth-order valence-electron chi connectivity index (χ4n) is 1.74. The third-order valence-electron chi connectivity index (χ3n) is 2.46. The summed E-state index contributed by atoms with van der Waals surface area (Å²) in [6.07, 6.45) is 0. The van der Waals surface area contributed by atoms with Crippen LogP contribution in [0.3, 0.4) is 0 Å². The lowest BCUT2D eigenvalue weighted by molar-refractivity contribution is -0.385. The zero-order chi connectivity index (χ0) is 13.4. The number of rotatable bonds is 3. The number of imide groups is 1. The Morgan fingerprint density at radius 1 is 1.33 bits per heavy atom. The number of nitrogens with zero attached hydrogens (tertiary/aromatic N) is 2. The molecule has 1 aromatic rings. The van der Waals surface area contributed by atoms with Gasteiger partial charge in [0.25, 0.3) is 17.5 Å². The number of hydrogen-bond donors (Lipinski definition) is 0. The maximum Gasteiger partial charge on any atom is 0.282 e. The number of nitro benzene ring substituents is 1. The Morgan fingerprint density at radius 3 is 2.56 bits per heavy atom. The van der Waals surface area contributed by atoms with Crippen molar-refractivity contribution < 1.29 is 19.3 Å². The predicted molar refractivity (Wildman–Crippen MR) is 59.3 cm³/mol. The number of hydrogen-bond acceptors (Lipinski definition) is 5. The molecule has 0 spiro atoms. The minimum Gasteiger partial charge on any atom is -0.279 e. The molecule has 0 fully saturated rings. The molecule has 92 valence electrons. The molecule has 0 aliphatic carbocycles. The van der Waals surface area contributed by atoms with Crippen LogP contribution in [0.1, 0.15) is 20.7 Å². The van der Waals surface area contributed by atoms with Gasteiger partial charge in [0.2, 0.25) is 5.24 Å². The Labute approximate surface area is 105 Å². The normalized spacial score (nSPS) is 13.7. The Hall–Kier alpha value is -2.28. The minimum absolute atomic E-state index is 0.0906. The monoisotopic (exact) mass is 268 g/mol. The quantitative estimate of drug-likeness (QED) is 0.352.